The van der Waals surface area contributed by atoms with Gasteiger partial charge in [-0.1, -0.05) is 35.5 Å². The largest absolute Gasteiger partial charge is 0.388 e. The van der Waals surface area contributed by atoms with Gasteiger partial charge in [0.05, 0.1) is 12.1 Å². The van der Waals surface area contributed by atoms with Gasteiger partial charge in [-0.15, -0.1) is 0 Å². The van der Waals surface area contributed by atoms with Crippen LogP contribution in [-0.2, 0) is 0 Å². The molecule has 2 atom stereocenters. The summed E-state index contributed by atoms with van der Waals surface area (Å²) >= 11 is 0. The predicted molar refractivity (Wildman–Crippen MR) is 83.1 cm³/mol. The Morgan fingerprint density at radius 1 is 1.23 bits per heavy atom. The average Bonchev–Trinajstić information content (AvgIpc) is 3.01. The third-order valence-corrected chi connectivity index (χ3v) is 4.61. The second kappa shape index (κ2) is 6.58. The minimum absolute atomic E-state index is 0.135. The molecule has 0 unspecified atom stereocenters. The van der Waals surface area contributed by atoms with Crippen molar-refractivity contribution in [3.8, 4) is 0 Å². The number of aryl methyl sites for hydroxylation is 1. The summed E-state index contributed by atoms with van der Waals surface area (Å²) in [5.41, 5.74) is 1.02. The highest BCUT2D eigenvalue weighted by molar-refractivity contribution is 5.18. The zero-order valence-corrected chi connectivity index (χ0v) is 13.1. The Balaban J connectivity index is 1.58. The van der Waals surface area contributed by atoms with Gasteiger partial charge in [0, 0.05) is 0 Å². The highest BCUT2D eigenvalue weighted by Crippen LogP contribution is 2.33. The van der Waals surface area contributed by atoms with Crippen LogP contribution in [0, 0.1) is 12.8 Å². The molecule has 1 aromatic heterocycles. The first-order chi connectivity index (χ1) is 10.6. The van der Waals surface area contributed by atoms with Crippen LogP contribution in [0.15, 0.2) is 34.9 Å². The number of benzene rings is 1. The Morgan fingerprint density at radius 2 is 1.91 bits per heavy atom. The number of hydrogen-bond donors (Lipinski definition) is 1. The number of aromatic nitrogens is 2. The molecule has 0 bridgehead atoms. The van der Waals surface area contributed by atoms with Crippen LogP contribution >= 0.6 is 0 Å². The van der Waals surface area contributed by atoms with E-state index in [1.807, 2.05) is 37.3 Å². The number of aliphatic hydroxyl groups is 1. The zero-order chi connectivity index (χ0) is 15.5. The molecule has 1 aliphatic rings. The van der Waals surface area contributed by atoms with E-state index in [1.54, 1.807) is 0 Å². The number of hydrogen-bond acceptors (Lipinski definition) is 5. The minimum atomic E-state index is -0.371. The van der Waals surface area contributed by atoms with Crippen LogP contribution in [0.3, 0.4) is 0 Å². The lowest BCUT2D eigenvalue weighted by molar-refractivity contribution is 0.0420. The van der Waals surface area contributed by atoms with Gasteiger partial charge in [0.1, 0.15) is 0 Å². The molecule has 1 aliphatic heterocycles. The van der Waals surface area contributed by atoms with Gasteiger partial charge in [-0.05, 0) is 51.3 Å². The van der Waals surface area contributed by atoms with Crippen LogP contribution < -0.4 is 0 Å². The zero-order valence-electron chi connectivity index (χ0n) is 13.1. The Kier molecular flexibility index (Phi) is 4.55. The summed E-state index contributed by atoms with van der Waals surface area (Å²) in [5.74, 6) is 1.67. The molecule has 0 spiro atoms. The van der Waals surface area contributed by atoms with Crippen LogP contribution in [0.4, 0.5) is 0 Å². The molecule has 5 nitrogen and oxygen atoms in total. The van der Waals surface area contributed by atoms with Gasteiger partial charge in [-0.2, -0.15) is 4.98 Å². The summed E-state index contributed by atoms with van der Waals surface area (Å²) in [6, 6.07) is 10.1. The number of piperidine rings is 1. The van der Waals surface area contributed by atoms with Crippen molar-refractivity contribution < 1.29 is 9.63 Å². The van der Waals surface area contributed by atoms with E-state index in [0.29, 0.717) is 17.6 Å². The lowest BCUT2D eigenvalue weighted by Gasteiger charge is -2.36. The lowest BCUT2D eigenvalue weighted by atomic mass is 9.87. The summed E-state index contributed by atoms with van der Waals surface area (Å²) in [5, 5.41) is 14.4. The van der Waals surface area contributed by atoms with Crippen molar-refractivity contribution in [3.63, 3.8) is 0 Å². The van der Waals surface area contributed by atoms with Crippen molar-refractivity contribution in [2.24, 2.45) is 5.92 Å². The van der Waals surface area contributed by atoms with Gasteiger partial charge in [-0.25, -0.2) is 0 Å². The quantitative estimate of drug-likeness (QED) is 0.941. The molecule has 0 aliphatic carbocycles. The van der Waals surface area contributed by atoms with E-state index in [4.69, 9.17) is 4.52 Å². The Morgan fingerprint density at radius 3 is 2.50 bits per heavy atom. The summed E-state index contributed by atoms with van der Waals surface area (Å²) in [7, 11) is 0. The fraction of sp³-hybridized carbons (Fsp3) is 0.529. The number of likely N-dealkylation sites (tertiary alicyclic amines) is 1. The second-order valence-corrected chi connectivity index (χ2v) is 6.08. The monoisotopic (exact) mass is 301 g/mol. The maximum Gasteiger partial charge on any atom is 0.243 e. The van der Waals surface area contributed by atoms with Crippen LogP contribution in [0.1, 0.15) is 49.2 Å². The second-order valence-electron chi connectivity index (χ2n) is 6.08. The van der Waals surface area contributed by atoms with Crippen LogP contribution in [0.25, 0.3) is 0 Å². The molecule has 2 aromatic rings. The van der Waals surface area contributed by atoms with Crippen molar-refractivity contribution in [1.29, 1.82) is 0 Å². The standard InChI is InChI=1S/C17H23N3O2/c1-12(17-18-13(2)19-22-17)20-10-8-15(9-11-20)16(21)14-6-4-3-5-7-14/h3-7,12,15-16,21H,8-11H2,1-2H3/t12-,16-/m0/s1. The van der Waals surface area contributed by atoms with E-state index in [1.165, 1.54) is 0 Å². The normalized spacial score (nSPS) is 20.0. The summed E-state index contributed by atoms with van der Waals surface area (Å²) in [4.78, 5) is 6.67. The molecule has 3 rings (SSSR count). The third kappa shape index (κ3) is 3.20. The van der Waals surface area contributed by atoms with Crippen LogP contribution in [0.2, 0.25) is 0 Å². The van der Waals surface area contributed by atoms with Gasteiger partial charge in [0.2, 0.25) is 5.89 Å². The fourth-order valence-electron chi connectivity index (χ4n) is 3.18. The van der Waals surface area contributed by atoms with E-state index >= 15 is 0 Å². The SMILES string of the molecule is Cc1noc([C@H](C)N2CCC([C@@H](O)c3ccccc3)CC2)n1. The molecule has 1 aromatic carbocycles. The summed E-state index contributed by atoms with van der Waals surface area (Å²) in [6.07, 6.45) is 1.59. The van der Waals surface area contributed by atoms with E-state index in [-0.39, 0.29) is 12.1 Å². The van der Waals surface area contributed by atoms with Crippen molar-refractivity contribution in [1.82, 2.24) is 15.0 Å². The molecule has 1 N–H and O–H groups in total. The number of aliphatic hydroxyl groups excluding tert-OH is 1. The van der Waals surface area contributed by atoms with Gasteiger partial charge in [0.15, 0.2) is 5.82 Å². The predicted octanol–water partition coefficient (Wildman–Crippen LogP) is 2.88. The molecule has 0 saturated carbocycles. The molecular weight excluding hydrogens is 278 g/mol. The van der Waals surface area contributed by atoms with Gasteiger partial charge < -0.3 is 9.63 Å². The molecule has 1 fully saturated rings. The first kappa shape index (κ1) is 15.2. The minimum Gasteiger partial charge on any atom is -0.388 e. The molecule has 22 heavy (non-hydrogen) atoms. The van der Waals surface area contributed by atoms with Crippen LogP contribution in [-0.4, -0.2) is 33.2 Å². The van der Waals surface area contributed by atoms with E-state index in [0.717, 1.165) is 31.5 Å². The molecule has 2 heterocycles. The number of nitrogens with zero attached hydrogens (tertiary/aromatic N) is 3. The first-order valence-corrected chi connectivity index (χ1v) is 7.92. The molecule has 118 valence electrons. The molecule has 1 saturated heterocycles. The van der Waals surface area contributed by atoms with Gasteiger partial charge in [-0.3, -0.25) is 4.90 Å². The van der Waals surface area contributed by atoms with Crippen molar-refractivity contribution in [2.75, 3.05) is 13.1 Å². The Bertz CT molecular complexity index is 591. The highest BCUT2D eigenvalue weighted by Gasteiger charge is 2.30. The number of rotatable bonds is 4. The molecule has 0 amide bonds. The van der Waals surface area contributed by atoms with Crippen molar-refractivity contribution >= 4 is 0 Å². The third-order valence-electron chi connectivity index (χ3n) is 4.61. The van der Waals surface area contributed by atoms with Crippen molar-refractivity contribution in [2.45, 2.75) is 38.8 Å². The van der Waals surface area contributed by atoms with Gasteiger partial charge in [0.25, 0.3) is 0 Å². The van der Waals surface area contributed by atoms with Gasteiger partial charge >= 0.3 is 0 Å². The summed E-state index contributed by atoms with van der Waals surface area (Å²) in [6.45, 7) is 5.82. The Labute approximate surface area is 131 Å². The summed E-state index contributed by atoms with van der Waals surface area (Å²) < 4.78 is 5.27. The average molecular weight is 301 g/mol. The smallest absolute Gasteiger partial charge is 0.243 e. The van der Waals surface area contributed by atoms with Crippen LogP contribution in [0.5, 0.6) is 0 Å². The van der Waals surface area contributed by atoms with E-state index in [9.17, 15) is 5.11 Å². The molecule has 0 radical (unpaired) electrons. The topological polar surface area (TPSA) is 62.4 Å². The maximum atomic E-state index is 10.5. The molecular formula is C17H23N3O2. The maximum absolute atomic E-state index is 10.5. The fourth-order valence-corrected chi connectivity index (χ4v) is 3.18. The molecule has 5 heteroatoms. The van der Waals surface area contributed by atoms with Crippen molar-refractivity contribution in [3.05, 3.63) is 47.6 Å². The highest BCUT2D eigenvalue weighted by atomic mass is 16.5. The van der Waals surface area contributed by atoms with E-state index in [2.05, 4.69) is 22.0 Å². The lowest BCUT2D eigenvalue weighted by Crippen LogP contribution is -2.37. The Hall–Kier alpha value is -1.72. The first-order valence-electron chi connectivity index (χ1n) is 7.92. The van der Waals surface area contributed by atoms with E-state index < -0.39 is 0 Å².